The second-order valence-corrected chi connectivity index (χ2v) is 3.65. The number of nitriles is 1. The van der Waals surface area contributed by atoms with Crippen LogP contribution in [0.4, 0.5) is 40.8 Å². The predicted molar refractivity (Wildman–Crippen MR) is 51.9 cm³/mol. The Morgan fingerprint density at radius 1 is 0.952 bits per heavy atom. The summed E-state index contributed by atoms with van der Waals surface area (Å²) < 4.78 is 103. The minimum absolute atomic E-state index is 0.990. The van der Waals surface area contributed by atoms with Crippen LogP contribution in [0.5, 0.6) is 0 Å². The van der Waals surface area contributed by atoms with Crippen molar-refractivity contribution in [3.63, 3.8) is 0 Å². The van der Waals surface area contributed by atoms with Gasteiger partial charge in [-0.25, -0.2) is 13.6 Å². The average molecular weight is 314 g/mol. The smallest absolute Gasteiger partial charge is 0.232 e. The third-order valence-corrected chi connectivity index (χ3v) is 2.39. The highest BCUT2D eigenvalue weighted by Crippen LogP contribution is 2.46. The van der Waals surface area contributed by atoms with Gasteiger partial charge < -0.3 is 0 Å². The highest BCUT2D eigenvalue weighted by Gasteiger charge is 2.46. The summed E-state index contributed by atoms with van der Waals surface area (Å²) in [5, 5.41) is 8.32. The Morgan fingerprint density at radius 2 is 1.33 bits per heavy atom. The number of benzene rings is 1. The van der Waals surface area contributed by atoms with Crippen molar-refractivity contribution in [1.82, 2.24) is 0 Å². The number of nitrogens with zero attached hydrogens (tertiary/aromatic N) is 2. The zero-order chi connectivity index (χ0) is 16.6. The first-order chi connectivity index (χ1) is 9.46. The van der Waals surface area contributed by atoms with Gasteiger partial charge in [0.05, 0.1) is 30.2 Å². The predicted octanol–water partition coefficient (Wildman–Crippen LogP) is 4.62. The molecular formula is C11H2F8N2. The molecule has 0 spiro atoms. The molecule has 0 heterocycles. The van der Waals surface area contributed by atoms with Crippen molar-refractivity contribution in [2.75, 3.05) is 0 Å². The van der Waals surface area contributed by atoms with Gasteiger partial charge in [-0.2, -0.15) is 31.6 Å². The Labute approximate surface area is 112 Å². The first-order valence-corrected chi connectivity index (χ1v) is 4.89. The van der Waals surface area contributed by atoms with Crippen molar-refractivity contribution in [3.05, 3.63) is 39.7 Å². The molecule has 1 aromatic rings. The SMILES string of the molecule is [C-]#[N+]c1c(F)c(C(F)(F)F)c(CC#N)c(C(F)(F)F)c1F. The maximum atomic E-state index is 13.5. The van der Waals surface area contributed by atoms with E-state index in [0.717, 1.165) is 6.07 Å². The molecule has 0 aliphatic carbocycles. The molecule has 0 saturated carbocycles. The topological polar surface area (TPSA) is 28.1 Å². The molecule has 0 bridgehead atoms. The second-order valence-electron chi connectivity index (χ2n) is 3.65. The molecule has 10 heteroatoms. The summed E-state index contributed by atoms with van der Waals surface area (Å²) in [7, 11) is 0. The third kappa shape index (κ3) is 2.89. The van der Waals surface area contributed by atoms with Crippen LogP contribution in [0.2, 0.25) is 0 Å². The molecule has 0 aliphatic heterocycles. The van der Waals surface area contributed by atoms with Crippen molar-refractivity contribution >= 4 is 5.69 Å². The zero-order valence-corrected chi connectivity index (χ0v) is 9.63. The van der Waals surface area contributed by atoms with Gasteiger partial charge in [0, 0.05) is 0 Å². The van der Waals surface area contributed by atoms with E-state index in [2.05, 4.69) is 0 Å². The summed E-state index contributed by atoms with van der Waals surface area (Å²) in [5.74, 6) is -4.93. The van der Waals surface area contributed by atoms with Gasteiger partial charge in [-0.3, -0.25) is 0 Å². The van der Waals surface area contributed by atoms with Gasteiger partial charge in [-0.05, 0) is 5.56 Å². The lowest BCUT2D eigenvalue weighted by molar-refractivity contribution is -0.146. The van der Waals surface area contributed by atoms with Crippen LogP contribution in [0.15, 0.2) is 0 Å². The molecule has 1 rings (SSSR count). The van der Waals surface area contributed by atoms with Gasteiger partial charge >= 0.3 is 12.4 Å². The van der Waals surface area contributed by atoms with Crippen molar-refractivity contribution in [2.45, 2.75) is 18.8 Å². The molecular weight excluding hydrogens is 312 g/mol. The maximum Gasteiger partial charge on any atom is 0.418 e. The Morgan fingerprint density at radius 3 is 1.57 bits per heavy atom. The highest BCUT2D eigenvalue weighted by atomic mass is 19.4. The first-order valence-electron chi connectivity index (χ1n) is 4.89. The van der Waals surface area contributed by atoms with E-state index in [9.17, 15) is 35.1 Å². The normalized spacial score (nSPS) is 11.9. The van der Waals surface area contributed by atoms with Crippen LogP contribution in [-0.4, -0.2) is 0 Å². The Hall–Kier alpha value is -2.36. The number of rotatable bonds is 1. The van der Waals surface area contributed by atoms with E-state index in [1.165, 1.54) is 0 Å². The summed E-state index contributed by atoms with van der Waals surface area (Å²) in [4.78, 5) is 2.04. The largest absolute Gasteiger partial charge is 0.418 e. The Balaban J connectivity index is 4.07. The molecule has 0 fully saturated rings. The highest BCUT2D eigenvalue weighted by molar-refractivity contribution is 5.58. The second kappa shape index (κ2) is 5.20. The van der Waals surface area contributed by atoms with Gasteiger partial charge in [0.1, 0.15) is 11.6 Å². The van der Waals surface area contributed by atoms with E-state index >= 15 is 0 Å². The van der Waals surface area contributed by atoms with Crippen molar-refractivity contribution in [2.24, 2.45) is 0 Å². The molecule has 0 amide bonds. The van der Waals surface area contributed by atoms with Gasteiger partial charge in [-0.15, -0.1) is 0 Å². The van der Waals surface area contributed by atoms with E-state index in [-0.39, 0.29) is 0 Å². The van der Waals surface area contributed by atoms with Gasteiger partial charge in [0.15, 0.2) is 0 Å². The van der Waals surface area contributed by atoms with Crippen LogP contribution in [-0.2, 0) is 18.8 Å². The molecule has 0 aliphatic rings. The van der Waals surface area contributed by atoms with Crippen LogP contribution in [0.1, 0.15) is 16.7 Å². The van der Waals surface area contributed by atoms with Gasteiger partial charge in [0.25, 0.3) is 5.69 Å². The summed E-state index contributed by atoms with van der Waals surface area (Å²) in [5.41, 5.74) is -8.80. The van der Waals surface area contributed by atoms with Crippen molar-refractivity contribution < 1.29 is 35.1 Å². The van der Waals surface area contributed by atoms with E-state index < -0.39 is 52.8 Å². The average Bonchev–Trinajstić information content (AvgIpc) is 2.25. The molecule has 0 saturated heterocycles. The molecule has 21 heavy (non-hydrogen) atoms. The lowest BCUT2D eigenvalue weighted by Crippen LogP contribution is -2.20. The Kier molecular flexibility index (Phi) is 4.14. The van der Waals surface area contributed by atoms with Crippen LogP contribution in [0.3, 0.4) is 0 Å². The summed E-state index contributed by atoms with van der Waals surface area (Å²) in [6.07, 6.45) is -12.8. The zero-order valence-electron chi connectivity index (χ0n) is 9.63. The molecule has 2 nitrogen and oxygen atoms in total. The molecule has 0 aromatic heterocycles. The number of alkyl halides is 6. The molecule has 112 valence electrons. The minimum Gasteiger partial charge on any atom is -0.232 e. The van der Waals surface area contributed by atoms with Gasteiger partial charge in [-0.1, -0.05) is 0 Å². The third-order valence-electron chi connectivity index (χ3n) is 2.39. The molecule has 0 radical (unpaired) electrons. The minimum atomic E-state index is -5.62. The number of hydrogen-bond acceptors (Lipinski definition) is 1. The van der Waals surface area contributed by atoms with Crippen molar-refractivity contribution in [1.29, 1.82) is 5.26 Å². The standard InChI is InChI=1S/C11H2F8N2/c1-21-9-7(12)5(10(14,15)16)4(2-3-20)6(8(9)13)11(17,18)19/h2H2. The van der Waals surface area contributed by atoms with E-state index in [4.69, 9.17) is 11.8 Å². The van der Waals surface area contributed by atoms with E-state index in [0.29, 0.717) is 0 Å². The monoisotopic (exact) mass is 314 g/mol. The Bertz CT molecular complexity index is 616. The van der Waals surface area contributed by atoms with Crippen LogP contribution >= 0.6 is 0 Å². The molecule has 0 N–H and O–H groups in total. The van der Waals surface area contributed by atoms with Gasteiger partial charge in [0.2, 0.25) is 0 Å². The number of hydrogen-bond donors (Lipinski definition) is 0. The van der Waals surface area contributed by atoms with Crippen LogP contribution in [0, 0.1) is 29.5 Å². The van der Waals surface area contributed by atoms with E-state index in [1.54, 1.807) is 0 Å². The molecule has 0 atom stereocenters. The fourth-order valence-corrected chi connectivity index (χ4v) is 1.67. The first kappa shape index (κ1) is 16.7. The summed E-state index contributed by atoms with van der Waals surface area (Å²) in [6.45, 7) is 6.35. The number of halogens is 8. The van der Waals surface area contributed by atoms with E-state index in [1.807, 2.05) is 4.85 Å². The summed E-state index contributed by atoms with van der Waals surface area (Å²) in [6, 6.07) is 0.990. The fourth-order valence-electron chi connectivity index (χ4n) is 1.67. The molecule has 1 aromatic carbocycles. The van der Waals surface area contributed by atoms with Crippen LogP contribution in [0.25, 0.3) is 4.85 Å². The maximum absolute atomic E-state index is 13.5. The summed E-state index contributed by atoms with van der Waals surface area (Å²) >= 11 is 0. The molecule has 0 unspecified atom stereocenters. The fraction of sp³-hybridized carbons (Fsp3) is 0.273. The quantitative estimate of drug-likeness (QED) is 0.549. The van der Waals surface area contributed by atoms with Crippen molar-refractivity contribution in [3.8, 4) is 6.07 Å². The lowest BCUT2D eigenvalue weighted by atomic mass is 9.95. The van der Waals surface area contributed by atoms with Crippen LogP contribution < -0.4 is 0 Å². The lowest BCUT2D eigenvalue weighted by Gasteiger charge is -2.20.